The number of aryl methyl sites for hydroxylation is 1. The molecular formula is C13H20N4. The number of hydrogen-bond acceptors (Lipinski definition) is 3. The van der Waals surface area contributed by atoms with E-state index in [0.29, 0.717) is 12.6 Å². The first-order chi connectivity index (χ1) is 8.15. The maximum atomic E-state index is 5.67. The van der Waals surface area contributed by atoms with E-state index in [4.69, 9.17) is 5.73 Å². The molecule has 1 aromatic heterocycles. The molecule has 0 saturated carbocycles. The summed E-state index contributed by atoms with van der Waals surface area (Å²) in [7, 11) is 2.05. The molecule has 4 heteroatoms. The Balaban J connectivity index is 2.49. The molecule has 0 amide bonds. The molecule has 4 nitrogen and oxygen atoms in total. The quantitative estimate of drug-likeness (QED) is 0.873. The van der Waals surface area contributed by atoms with Crippen LogP contribution >= 0.6 is 0 Å². The molecule has 0 fully saturated rings. The van der Waals surface area contributed by atoms with Crippen LogP contribution in [0.15, 0.2) is 24.3 Å². The number of imidazole rings is 1. The molecule has 92 valence electrons. The second-order valence-corrected chi connectivity index (χ2v) is 4.54. The number of aromatic nitrogens is 2. The van der Waals surface area contributed by atoms with Crippen LogP contribution in [0, 0.1) is 0 Å². The monoisotopic (exact) mass is 232 g/mol. The lowest BCUT2D eigenvalue weighted by Crippen LogP contribution is -2.37. The van der Waals surface area contributed by atoms with Gasteiger partial charge in [-0.05, 0) is 26.0 Å². The van der Waals surface area contributed by atoms with Gasteiger partial charge in [-0.1, -0.05) is 12.1 Å². The van der Waals surface area contributed by atoms with Crippen molar-refractivity contribution in [1.82, 2.24) is 9.55 Å². The highest BCUT2D eigenvalue weighted by molar-refractivity contribution is 5.78. The Labute approximate surface area is 102 Å². The minimum Gasteiger partial charge on any atom is -0.339 e. The molecule has 0 saturated heterocycles. The van der Waals surface area contributed by atoms with Crippen LogP contribution in [0.4, 0.5) is 5.95 Å². The number of nitrogens with zero attached hydrogens (tertiary/aromatic N) is 3. The summed E-state index contributed by atoms with van der Waals surface area (Å²) in [6.07, 6.45) is 0. The first kappa shape index (κ1) is 11.9. The van der Waals surface area contributed by atoms with Crippen molar-refractivity contribution in [3.8, 4) is 0 Å². The van der Waals surface area contributed by atoms with Crippen molar-refractivity contribution >= 4 is 17.0 Å². The van der Waals surface area contributed by atoms with Gasteiger partial charge in [-0.3, -0.25) is 0 Å². The normalized spacial score (nSPS) is 11.4. The van der Waals surface area contributed by atoms with Gasteiger partial charge in [0.25, 0.3) is 0 Å². The van der Waals surface area contributed by atoms with Crippen molar-refractivity contribution in [2.24, 2.45) is 12.8 Å². The van der Waals surface area contributed by atoms with E-state index in [9.17, 15) is 0 Å². The van der Waals surface area contributed by atoms with E-state index >= 15 is 0 Å². The fourth-order valence-corrected chi connectivity index (χ4v) is 2.12. The van der Waals surface area contributed by atoms with E-state index < -0.39 is 0 Å². The van der Waals surface area contributed by atoms with Crippen molar-refractivity contribution in [3.63, 3.8) is 0 Å². The second kappa shape index (κ2) is 4.75. The van der Waals surface area contributed by atoms with Gasteiger partial charge >= 0.3 is 0 Å². The molecule has 0 aliphatic rings. The smallest absolute Gasteiger partial charge is 0.206 e. The lowest BCUT2D eigenvalue weighted by atomic mass is 10.3. The van der Waals surface area contributed by atoms with Crippen LogP contribution in [0.3, 0.4) is 0 Å². The van der Waals surface area contributed by atoms with E-state index in [1.165, 1.54) is 0 Å². The summed E-state index contributed by atoms with van der Waals surface area (Å²) in [5, 5.41) is 0. The van der Waals surface area contributed by atoms with Gasteiger partial charge in [-0.25, -0.2) is 4.98 Å². The third-order valence-electron chi connectivity index (χ3n) is 3.01. The number of nitrogens with two attached hydrogens (primary N) is 1. The lowest BCUT2D eigenvalue weighted by molar-refractivity contribution is 0.651. The number of fused-ring (bicyclic) bond motifs is 1. The Bertz CT molecular complexity index is 501. The Morgan fingerprint density at radius 3 is 2.65 bits per heavy atom. The summed E-state index contributed by atoms with van der Waals surface area (Å²) in [4.78, 5) is 6.92. The summed E-state index contributed by atoms with van der Waals surface area (Å²) < 4.78 is 2.13. The van der Waals surface area contributed by atoms with E-state index in [2.05, 4.69) is 41.4 Å². The minimum atomic E-state index is 0.397. The maximum absolute atomic E-state index is 5.67. The molecule has 0 unspecified atom stereocenters. The van der Waals surface area contributed by atoms with Gasteiger partial charge in [0.1, 0.15) is 0 Å². The van der Waals surface area contributed by atoms with Crippen LogP contribution in [0.2, 0.25) is 0 Å². The second-order valence-electron chi connectivity index (χ2n) is 4.54. The zero-order valence-electron chi connectivity index (χ0n) is 10.7. The number of rotatable bonds is 4. The zero-order valence-corrected chi connectivity index (χ0v) is 10.7. The number of para-hydroxylation sites is 2. The first-order valence-electron chi connectivity index (χ1n) is 6.03. The molecule has 0 spiro atoms. The van der Waals surface area contributed by atoms with E-state index in [1.807, 2.05) is 18.2 Å². The molecule has 0 aliphatic heterocycles. The summed E-state index contributed by atoms with van der Waals surface area (Å²) in [5.41, 5.74) is 7.86. The molecule has 0 bridgehead atoms. The SMILES string of the molecule is CC(C)N(CCN)c1nc2ccccc2n1C. The summed E-state index contributed by atoms with van der Waals surface area (Å²) in [6, 6.07) is 8.58. The molecule has 17 heavy (non-hydrogen) atoms. The summed E-state index contributed by atoms with van der Waals surface area (Å²) >= 11 is 0. The molecule has 2 N–H and O–H groups in total. The van der Waals surface area contributed by atoms with Gasteiger partial charge in [0.05, 0.1) is 11.0 Å². The minimum absolute atomic E-state index is 0.397. The molecule has 1 aromatic carbocycles. The van der Waals surface area contributed by atoms with Crippen LogP contribution in [-0.2, 0) is 7.05 Å². The topological polar surface area (TPSA) is 47.1 Å². The van der Waals surface area contributed by atoms with Crippen molar-refractivity contribution in [2.75, 3.05) is 18.0 Å². The van der Waals surface area contributed by atoms with Crippen LogP contribution < -0.4 is 10.6 Å². The van der Waals surface area contributed by atoms with Crippen molar-refractivity contribution in [2.45, 2.75) is 19.9 Å². The van der Waals surface area contributed by atoms with Crippen molar-refractivity contribution < 1.29 is 0 Å². The van der Waals surface area contributed by atoms with E-state index in [0.717, 1.165) is 23.5 Å². The van der Waals surface area contributed by atoms with Gasteiger partial charge < -0.3 is 15.2 Å². The fourth-order valence-electron chi connectivity index (χ4n) is 2.12. The number of hydrogen-bond donors (Lipinski definition) is 1. The maximum Gasteiger partial charge on any atom is 0.206 e. The van der Waals surface area contributed by atoms with Crippen LogP contribution in [0.25, 0.3) is 11.0 Å². The first-order valence-corrected chi connectivity index (χ1v) is 6.03. The summed E-state index contributed by atoms with van der Waals surface area (Å²) in [6.45, 7) is 5.79. The third-order valence-corrected chi connectivity index (χ3v) is 3.01. The molecular weight excluding hydrogens is 212 g/mol. The molecule has 2 rings (SSSR count). The molecule has 2 aromatic rings. The highest BCUT2D eigenvalue weighted by atomic mass is 15.3. The largest absolute Gasteiger partial charge is 0.339 e. The van der Waals surface area contributed by atoms with Gasteiger partial charge in [0, 0.05) is 26.2 Å². The van der Waals surface area contributed by atoms with E-state index in [-0.39, 0.29) is 0 Å². The van der Waals surface area contributed by atoms with Gasteiger partial charge in [0.15, 0.2) is 0 Å². The summed E-state index contributed by atoms with van der Waals surface area (Å²) in [5.74, 6) is 0.992. The lowest BCUT2D eigenvalue weighted by Gasteiger charge is -2.27. The van der Waals surface area contributed by atoms with Gasteiger partial charge in [-0.15, -0.1) is 0 Å². The Morgan fingerprint density at radius 2 is 2.06 bits per heavy atom. The molecule has 0 atom stereocenters. The zero-order chi connectivity index (χ0) is 12.4. The van der Waals surface area contributed by atoms with Crippen LogP contribution in [0.1, 0.15) is 13.8 Å². The van der Waals surface area contributed by atoms with Crippen LogP contribution in [0.5, 0.6) is 0 Å². The number of benzene rings is 1. The number of anilines is 1. The van der Waals surface area contributed by atoms with Gasteiger partial charge in [0.2, 0.25) is 5.95 Å². The third kappa shape index (κ3) is 2.13. The molecule has 0 aliphatic carbocycles. The van der Waals surface area contributed by atoms with E-state index in [1.54, 1.807) is 0 Å². The predicted octanol–water partition coefficient (Wildman–Crippen LogP) is 1.75. The Morgan fingerprint density at radius 1 is 1.35 bits per heavy atom. The predicted molar refractivity (Wildman–Crippen MR) is 72.3 cm³/mol. The molecule has 1 heterocycles. The van der Waals surface area contributed by atoms with Gasteiger partial charge in [-0.2, -0.15) is 0 Å². The van der Waals surface area contributed by atoms with Crippen molar-refractivity contribution in [1.29, 1.82) is 0 Å². The highest BCUT2D eigenvalue weighted by Crippen LogP contribution is 2.22. The average molecular weight is 232 g/mol. The van der Waals surface area contributed by atoms with Crippen LogP contribution in [-0.4, -0.2) is 28.7 Å². The standard InChI is InChI=1S/C13H20N4/c1-10(2)17(9-8-14)13-15-11-6-4-5-7-12(11)16(13)3/h4-7,10H,8-9,14H2,1-3H3. The Kier molecular flexibility index (Phi) is 3.33. The highest BCUT2D eigenvalue weighted by Gasteiger charge is 2.16. The molecule has 0 radical (unpaired) electrons. The Hall–Kier alpha value is -1.55. The fraction of sp³-hybridized carbons (Fsp3) is 0.462. The average Bonchev–Trinajstić information content (AvgIpc) is 2.64. The van der Waals surface area contributed by atoms with Crippen molar-refractivity contribution in [3.05, 3.63) is 24.3 Å².